The monoisotopic (exact) mass is 226 g/mol. The Morgan fingerprint density at radius 3 is 3.00 bits per heavy atom. The van der Waals surface area contributed by atoms with E-state index in [-0.39, 0.29) is 10.7 Å². The van der Waals surface area contributed by atoms with Crippen molar-refractivity contribution in [3.8, 4) is 0 Å². The molecule has 1 rings (SSSR count). The summed E-state index contributed by atoms with van der Waals surface area (Å²) in [6, 6.07) is 1.48. The van der Waals surface area contributed by atoms with Crippen LogP contribution in [0.4, 0.5) is 0 Å². The first kappa shape index (κ1) is 11.7. The van der Waals surface area contributed by atoms with Gasteiger partial charge in [-0.05, 0) is 19.0 Å². The normalized spacial score (nSPS) is 10.8. The van der Waals surface area contributed by atoms with Crippen LogP contribution in [0, 0.1) is 0 Å². The molecule has 0 bridgehead atoms. The van der Waals surface area contributed by atoms with Crippen molar-refractivity contribution in [3.63, 3.8) is 0 Å². The van der Waals surface area contributed by atoms with Gasteiger partial charge < -0.3 is 10.8 Å². The van der Waals surface area contributed by atoms with Crippen LogP contribution in [-0.2, 0) is 0 Å². The smallest absolute Gasteiger partial charge is 0.337 e. The summed E-state index contributed by atoms with van der Waals surface area (Å²) in [5.41, 5.74) is 6.02. The molecule has 0 saturated carbocycles. The number of hydrogen-bond acceptors (Lipinski definition) is 3. The summed E-state index contributed by atoms with van der Waals surface area (Å²) in [6.45, 7) is 0.542. The number of carbonyl (C=O) groups is 1. The fourth-order valence-corrected chi connectivity index (χ4v) is 1.17. The largest absolute Gasteiger partial charge is 0.478 e. The number of carboxylic acid groups (broad SMARTS) is 1. The molecule has 1 aromatic rings. The van der Waals surface area contributed by atoms with Gasteiger partial charge in [-0.25, -0.2) is 9.78 Å². The third-order valence-electron chi connectivity index (χ3n) is 1.74. The lowest BCUT2D eigenvalue weighted by atomic mass is 10.2. The molecule has 0 aliphatic heterocycles. The molecule has 1 aromatic heterocycles. The predicted molar refractivity (Wildman–Crippen MR) is 58.9 cm³/mol. The molecule has 0 unspecified atom stereocenters. The molecular weight excluding hydrogens is 216 g/mol. The zero-order valence-corrected chi connectivity index (χ0v) is 8.74. The summed E-state index contributed by atoms with van der Waals surface area (Å²) < 4.78 is 0. The molecule has 4 nitrogen and oxygen atoms in total. The Balaban J connectivity index is 2.95. The van der Waals surface area contributed by atoms with Crippen LogP contribution in [0.3, 0.4) is 0 Å². The Bertz CT molecular complexity index is 391. The van der Waals surface area contributed by atoms with E-state index in [4.69, 9.17) is 22.4 Å². The van der Waals surface area contributed by atoms with Gasteiger partial charge in [0.1, 0.15) is 5.15 Å². The maximum absolute atomic E-state index is 10.7. The van der Waals surface area contributed by atoms with E-state index in [0.717, 1.165) is 0 Å². The van der Waals surface area contributed by atoms with E-state index in [1.165, 1.54) is 12.3 Å². The van der Waals surface area contributed by atoms with Crippen LogP contribution in [0.5, 0.6) is 0 Å². The van der Waals surface area contributed by atoms with Crippen molar-refractivity contribution in [2.45, 2.75) is 6.42 Å². The zero-order valence-electron chi connectivity index (χ0n) is 7.98. The number of aromatic nitrogens is 1. The number of halogens is 1. The average Bonchev–Trinajstić information content (AvgIpc) is 2.20. The van der Waals surface area contributed by atoms with E-state index in [1.807, 2.05) is 6.08 Å². The third kappa shape index (κ3) is 3.34. The Kier molecular flexibility index (Phi) is 4.27. The topological polar surface area (TPSA) is 76.2 Å². The first-order chi connectivity index (χ1) is 7.15. The molecule has 0 radical (unpaired) electrons. The second kappa shape index (κ2) is 5.48. The highest BCUT2D eigenvalue weighted by Crippen LogP contribution is 2.16. The van der Waals surface area contributed by atoms with E-state index in [1.54, 1.807) is 6.08 Å². The standard InChI is InChI=1S/C10H11ClN2O2/c11-9-7(3-1-2-4-12)5-8(6-13-9)10(14)15/h1,3,5-6H,2,4,12H2,(H,14,15). The number of hydrogen-bond donors (Lipinski definition) is 2. The van der Waals surface area contributed by atoms with Gasteiger partial charge in [-0.2, -0.15) is 0 Å². The first-order valence-corrected chi connectivity index (χ1v) is 4.78. The molecule has 3 N–H and O–H groups in total. The lowest BCUT2D eigenvalue weighted by Gasteiger charge is -1.99. The number of rotatable bonds is 4. The molecule has 0 spiro atoms. The maximum atomic E-state index is 10.7. The molecule has 0 atom stereocenters. The first-order valence-electron chi connectivity index (χ1n) is 4.40. The SMILES string of the molecule is NCCC=Cc1cc(C(=O)O)cnc1Cl. The molecule has 0 aromatic carbocycles. The van der Waals surface area contributed by atoms with Gasteiger partial charge >= 0.3 is 5.97 Å². The summed E-state index contributed by atoms with van der Waals surface area (Å²) in [7, 11) is 0. The Morgan fingerprint density at radius 2 is 2.40 bits per heavy atom. The Labute approximate surface area is 92.4 Å². The molecule has 0 fully saturated rings. The molecule has 80 valence electrons. The van der Waals surface area contributed by atoms with E-state index >= 15 is 0 Å². The van der Waals surface area contributed by atoms with Crippen LogP contribution in [0.1, 0.15) is 22.3 Å². The quantitative estimate of drug-likeness (QED) is 0.768. The Morgan fingerprint density at radius 1 is 1.67 bits per heavy atom. The van der Waals surface area contributed by atoms with E-state index < -0.39 is 5.97 Å². The van der Waals surface area contributed by atoms with E-state index in [9.17, 15) is 4.79 Å². The van der Waals surface area contributed by atoms with Crippen LogP contribution in [-0.4, -0.2) is 22.6 Å². The second-order valence-corrected chi connectivity index (χ2v) is 3.25. The number of nitrogens with two attached hydrogens (primary N) is 1. The van der Waals surface area contributed by atoms with Crippen molar-refractivity contribution in [1.82, 2.24) is 4.98 Å². The fraction of sp³-hybridized carbons (Fsp3) is 0.200. The van der Waals surface area contributed by atoms with Gasteiger partial charge in [0.15, 0.2) is 0 Å². The summed E-state index contributed by atoms with van der Waals surface area (Å²) in [6.07, 6.45) is 5.49. The highest BCUT2D eigenvalue weighted by Gasteiger charge is 2.06. The molecule has 0 amide bonds. The van der Waals surface area contributed by atoms with Gasteiger partial charge in [0.25, 0.3) is 0 Å². The van der Waals surface area contributed by atoms with Crippen molar-refractivity contribution >= 4 is 23.6 Å². The summed E-state index contributed by atoms with van der Waals surface area (Å²) in [5.74, 6) is -1.02. The van der Waals surface area contributed by atoms with Gasteiger partial charge in [-0.15, -0.1) is 0 Å². The van der Waals surface area contributed by atoms with Gasteiger partial charge in [-0.3, -0.25) is 0 Å². The number of aromatic carboxylic acids is 1. The summed E-state index contributed by atoms with van der Waals surface area (Å²) in [5, 5.41) is 9.03. The zero-order chi connectivity index (χ0) is 11.3. The second-order valence-electron chi connectivity index (χ2n) is 2.89. The van der Waals surface area contributed by atoms with Crippen LogP contribution >= 0.6 is 11.6 Å². The minimum atomic E-state index is -1.02. The van der Waals surface area contributed by atoms with Crippen LogP contribution in [0.25, 0.3) is 6.08 Å². The Hall–Kier alpha value is -1.39. The van der Waals surface area contributed by atoms with Crippen LogP contribution in [0.2, 0.25) is 5.15 Å². The van der Waals surface area contributed by atoms with Gasteiger partial charge in [0, 0.05) is 11.8 Å². The molecule has 0 aliphatic carbocycles. The maximum Gasteiger partial charge on any atom is 0.337 e. The predicted octanol–water partition coefficient (Wildman–Crippen LogP) is 1.80. The van der Waals surface area contributed by atoms with Crippen LogP contribution < -0.4 is 5.73 Å². The van der Waals surface area contributed by atoms with Crippen molar-refractivity contribution in [1.29, 1.82) is 0 Å². The van der Waals surface area contributed by atoms with Gasteiger partial charge in [0.2, 0.25) is 0 Å². The fourth-order valence-electron chi connectivity index (χ4n) is 1.01. The number of nitrogens with zero attached hydrogens (tertiary/aromatic N) is 1. The minimum absolute atomic E-state index is 0.117. The van der Waals surface area contributed by atoms with Gasteiger partial charge in [-0.1, -0.05) is 23.8 Å². The average molecular weight is 227 g/mol. The molecule has 5 heteroatoms. The third-order valence-corrected chi connectivity index (χ3v) is 2.06. The summed E-state index contributed by atoms with van der Waals surface area (Å²) in [4.78, 5) is 14.4. The minimum Gasteiger partial charge on any atom is -0.478 e. The lowest BCUT2D eigenvalue weighted by Crippen LogP contribution is -1.98. The van der Waals surface area contributed by atoms with E-state index in [2.05, 4.69) is 4.98 Å². The van der Waals surface area contributed by atoms with Crippen molar-refractivity contribution in [2.75, 3.05) is 6.54 Å². The number of pyridine rings is 1. The summed E-state index contributed by atoms with van der Waals surface area (Å²) >= 11 is 5.79. The molecule has 0 aliphatic rings. The van der Waals surface area contributed by atoms with Crippen LogP contribution in [0.15, 0.2) is 18.3 Å². The van der Waals surface area contributed by atoms with E-state index in [0.29, 0.717) is 18.5 Å². The highest BCUT2D eigenvalue weighted by molar-refractivity contribution is 6.30. The van der Waals surface area contributed by atoms with Crippen molar-refractivity contribution in [3.05, 3.63) is 34.6 Å². The molecule has 15 heavy (non-hydrogen) atoms. The van der Waals surface area contributed by atoms with Crippen molar-refractivity contribution in [2.24, 2.45) is 5.73 Å². The van der Waals surface area contributed by atoms with Crippen molar-refractivity contribution < 1.29 is 9.90 Å². The van der Waals surface area contributed by atoms with Gasteiger partial charge in [0.05, 0.1) is 5.56 Å². The number of carboxylic acids is 1. The molecule has 0 saturated heterocycles. The highest BCUT2D eigenvalue weighted by atomic mass is 35.5. The molecule has 1 heterocycles. The molecular formula is C10H11ClN2O2. The lowest BCUT2D eigenvalue weighted by molar-refractivity contribution is 0.0696.